The van der Waals surface area contributed by atoms with Gasteiger partial charge in [-0.25, -0.2) is 9.59 Å². The maximum atomic E-state index is 11.2. The lowest BCUT2D eigenvalue weighted by atomic mass is 10.6. The normalized spacial score (nSPS) is 11.0. The third kappa shape index (κ3) is 10.5. The maximum absolute atomic E-state index is 11.2. The summed E-state index contributed by atoms with van der Waals surface area (Å²) in [4.78, 5) is 28.5. The van der Waals surface area contributed by atoms with E-state index >= 15 is 0 Å². The molecule has 0 aromatic rings. The molecular weight excluding hydrogens is 264 g/mol. The Labute approximate surface area is 89.5 Å². The summed E-state index contributed by atoms with van der Waals surface area (Å²) in [5.41, 5.74) is 4.47. The van der Waals surface area contributed by atoms with Crippen LogP contribution in [0.5, 0.6) is 0 Å². The van der Waals surface area contributed by atoms with Gasteiger partial charge in [-0.1, -0.05) is 0 Å². The van der Waals surface area contributed by atoms with Crippen molar-refractivity contribution in [3.63, 3.8) is 0 Å². The second-order valence-electron chi connectivity index (χ2n) is 2.28. The topological polar surface area (TPSA) is 86.5 Å². The van der Waals surface area contributed by atoms with Crippen LogP contribution in [0.2, 0.25) is 0 Å². The summed E-state index contributed by atoms with van der Waals surface area (Å²) >= 11 is 0. The van der Waals surface area contributed by atoms with Gasteiger partial charge in [0.25, 0.3) is 0 Å². The molecule has 0 aromatic carbocycles. The van der Waals surface area contributed by atoms with Gasteiger partial charge in [-0.05, 0) is 0 Å². The number of nitrogens with two attached hydrogens (primary N) is 1. The van der Waals surface area contributed by atoms with Crippen molar-refractivity contribution in [2.45, 2.75) is 19.3 Å². The van der Waals surface area contributed by atoms with Gasteiger partial charge in [0.05, 0.1) is 0 Å². The lowest BCUT2D eigenvalue weighted by Crippen LogP contribution is -2.34. The molecule has 0 aliphatic carbocycles. The van der Waals surface area contributed by atoms with E-state index in [1.165, 1.54) is 6.92 Å². The van der Waals surface area contributed by atoms with Gasteiger partial charge in [0.2, 0.25) is 5.91 Å². The Hall–Kier alpha value is -1.81. The van der Waals surface area contributed by atoms with Crippen molar-refractivity contribution in [1.29, 1.82) is 0 Å². The highest BCUT2D eigenvalue weighted by atomic mass is 19.4. The summed E-state index contributed by atoms with van der Waals surface area (Å²) in [7, 11) is 0. The lowest BCUT2D eigenvalue weighted by Gasteiger charge is -2.06. The minimum atomic E-state index is -5.62. The smallest absolute Gasteiger partial charge is 0.380 e. The zero-order valence-electron chi connectivity index (χ0n) is 7.98. The lowest BCUT2D eigenvalue weighted by molar-refractivity contribution is -0.221. The summed E-state index contributed by atoms with van der Waals surface area (Å²) in [6.45, 7) is 1.31. The Bertz CT molecular complexity index is 279. The van der Waals surface area contributed by atoms with Crippen LogP contribution in [-0.2, 0) is 19.1 Å². The van der Waals surface area contributed by atoms with Gasteiger partial charge in [-0.3, -0.25) is 4.79 Å². The standard InChI is InChI=1S/C4F6O3.C2H5NO/c5-3(6,7)1(11)13-2(12)4(8,9)10;1-2(3)4/h;1H3,(H2,3,4). The first-order valence-electron chi connectivity index (χ1n) is 3.44. The van der Waals surface area contributed by atoms with Crippen LogP contribution in [-0.4, -0.2) is 30.2 Å². The van der Waals surface area contributed by atoms with E-state index in [4.69, 9.17) is 0 Å². The number of rotatable bonds is 0. The predicted octanol–water partition coefficient (Wildman–Crippen LogP) is 0.672. The fourth-order valence-electron chi connectivity index (χ4n) is 0.200. The molecule has 11 heteroatoms. The van der Waals surface area contributed by atoms with E-state index in [1.54, 1.807) is 0 Å². The van der Waals surface area contributed by atoms with Crippen LogP contribution in [0, 0.1) is 0 Å². The third-order valence-corrected chi connectivity index (χ3v) is 0.648. The molecule has 0 saturated heterocycles. The molecule has 0 radical (unpaired) electrons. The fraction of sp³-hybridized carbons (Fsp3) is 0.500. The predicted molar refractivity (Wildman–Crippen MR) is 38.1 cm³/mol. The van der Waals surface area contributed by atoms with Crippen molar-refractivity contribution in [2.75, 3.05) is 0 Å². The summed E-state index contributed by atoms with van der Waals surface area (Å²) < 4.78 is 69.7. The number of alkyl halides is 6. The van der Waals surface area contributed by atoms with Crippen LogP contribution >= 0.6 is 0 Å². The highest BCUT2D eigenvalue weighted by Gasteiger charge is 2.49. The van der Waals surface area contributed by atoms with Crippen molar-refractivity contribution < 1.29 is 45.5 Å². The molecule has 0 aromatic heterocycles. The first-order valence-corrected chi connectivity index (χ1v) is 3.44. The van der Waals surface area contributed by atoms with Crippen molar-refractivity contribution in [3.8, 4) is 0 Å². The molecule has 0 unspecified atom stereocenters. The van der Waals surface area contributed by atoms with Gasteiger partial charge < -0.3 is 10.5 Å². The van der Waals surface area contributed by atoms with E-state index in [0.29, 0.717) is 0 Å². The molecule has 17 heavy (non-hydrogen) atoms. The average molecular weight is 269 g/mol. The molecule has 0 heterocycles. The van der Waals surface area contributed by atoms with Gasteiger partial charge in [0, 0.05) is 6.92 Å². The second-order valence-corrected chi connectivity index (χ2v) is 2.28. The van der Waals surface area contributed by atoms with Crippen molar-refractivity contribution in [3.05, 3.63) is 0 Å². The number of primary amides is 1. The summed E-state index contributed by atoms with van der Waals surface area (Å²) in [6, 6.07) is 0. The average Bonchev–Trinajstić information content (AvgIpc) is 1.98. The second kappa shape index (κ2) is 6.06. The molecule has 0 bridgehead atoms. The first kappa shape index (κ1) is 17.6. The van der Waals surface area contributed by atoms with Crippen LogP contribution in [0.1, 0.15) is 6.92 Å². The molecule has 0 atom stereocenters. The minimum absolute atomic E-state index is 0.333. The largest absolute Gasteiger partial charge is 0.491 e. The van der Waals surface area contributed by atoms with E-state index < -0.39 is 24.3 Å². The molecule has 0 aliphatic heterocycles. The highest BCUT2D eigenvalue weighted by Crippen LogP contribution is 2.21. The Kier molecular flexibility index (Phi) is 6.26. The molecule has 2 N–H and O–H groups in total. The van der Waals surface area contributed by atoms with Crippen molar-refractivity contribution in [2.24, 2.45) is 5.73 Å². The molecule has 100 valence electrons. The SMILES string of the molecule is CC(N)=O.O=C(OC(=O)C(F)(F)F)C(F)(F)F. The van der Waals surface area contributed by atoms with E-state index in [-0.39, 0.29) is 5.91 Å². The Morgan fingerprint density at radius 1 is 0.882 bits per heavy atom. The van der Waals surface area contributed by atoms with Crippen LogP contribution in [0.15, 0.2) is 0 Å². The number of ether oxygens (including phenoxy) is 1. The van der Waals surface area contributed by atoms with Crippen LogP contribution in [0.25, 0.3) is 0 Å². The first-order chi connectivity index (χ1) is 7.28. The van der Waals surface area contributed by atoms with Gasteiger partial charge in [0.15, 0.2) is 0 Å². The number of carbonyl (C=O) groups excluding carboxylic acids is 3. The highest BCUT2D eigenvalue weighted by molar-refractivity contribution is 5.90. The monoisotopic (exact) mass is 269 g/mol. The van der Waals surface area contributed by atoms with Crippen LogP contribution in [0.3, 0.4) is 0 Å². The Morgan fingerprint density at radius 3 is 1.18 bits per heavy atom. The number of halogens is 6. The van der Waals surface area contributed by atoms with E-state index in [1.807, 2.05) is 0 Å². The summed E-state index contributed by atoms with van der Waals surface area (Å²) in [6.07, 6.45) is -11.2. The summed E-state index contributed by atoms with van der Waals surface area (Å²) in [5.74, 6) is -6.73. The van der Waals surface area contributed by atoms with E-state index in [2.05, 4.69) is 10.5 Å². The minimum Gasteiger partial charge on any atom is -0.380 e. The summed E-state index contributed by atoms with van der Waals surface area (Å²) in [5, 5.41) is 0. The third-order valence-electron chi connectivity index (χ3n) is 0.648. The van der Waals surface area contributed by atoms with Crippen LogP contribution in [0.4, 0.5) is 26.3 Å². The number of esters is 2. The Morgan fingerprint density at radius 2 is 1.06 bits per heavy atom. The Balaban J connectivity index is 0. The molecule has 0 rings (SSSR count). The molecule has 1 amide bonds. The molecule has 0 fully saturated rings. The number of amides is 1. The molecule has 0 aliphatic rings. The van der Waals surface area contributed by atoms with Crippen LogP contribution < -0.4 is 5.73 Å². The number of hydrogen-bond donors (Lipinski definition) is 1. The molecule has 0 spiro atoms. The van der Waals surface area contributed by atoms with Gasteiger partial charge in [-0.15, -0.1) is 0 Å². The van der Waals surface area contributed by atoms with E-state index in [0.717, 1.165) is 0 Å². The number of hydrogen-bond acceptors (Lipinski definition) is 4. The zero-order chi connectivity index (χ0) is 14.4. The molecule has 5 nitrogen and oxygen atoms in total. The van der Waals surface area contributed by atoms with Crippen molar-refractivity contribution in [1.82, 2.24) is 0 Å². The number of carbonyl (C=O) groups is 3. The van der Waals surface area contributed by atoms with Gasteiger partial charge in [-0.2, -0.15) is 26.3 Å². The molecular formula is C6H5F6NO4. The van der Waals surface area contributed by atoms with E-state index in [9.17, 15) is 40.7 Å². The quantitative estimate of drug-likeness (QED) is 0.398. The fourth-order valence-corrected chi connectivity index (χ4v) is 0.200. The maximum Gasteiger partial charge on any atom is 0.491 e. The zero-order valence-corrected chi connectivity index (χ0v) is 7.98. The van der Waals surface area contributed by atoms with Crippen molar-refractivity contribution >= 4 is 17.8 Å². The van der Waals surface area contributed by atoms with Gasteiger partial charge in [0.1, 0.15) is 0 Å². The molecule has 0 saturated carbocycles. The van der Waals surface area contributed by atoms with Gasteiger partial charge >= 0.3 is 24.3 Å².